The summed E-state index contributed by atoms with van der Waals surface area (Å²) in [7, 11) is 0. The lowest BCUT2D eigenvalue weighted by Gasteiger charge is -2.19. The first-order valence-corrected chi connectivity index (χ1v) is 5.62. The van der Waals surface area contributed by atoms with Crippen LogP contribution in [-0.2, 0) is 10.2 Å². The summed E-state index contributed by atoms with van der Waals surface area (Å²) in [6.45, 7) is 8.39. The van der Waals surface area contributed by atoms with Gasteiger partial charge < -0.3 is 4.74 Å². The highest BCUT2D eigenvalue weighted by Gasteiger charge is 2.13. The maximum atomic E-state index is 10.5. The monoisotopic (exact) mass is 219 g/mol. The molecule has 16 heavy (non-hydrogen) atoms. The van der Waals surface area contributed by atoms with Gasteiger partial charge in [-0.15, -0.1) is 0 Å². The van der Waals surface area contributed by atoms with Crippen molar-refractivity contribution in [3.63, 3.8) is 0 Å². The Hall–Kier alpha value is -1.31. The normalized spacial score (nSPS) is 13.2. The van der Waals surface area contributed by atoms with Crippen LogP contribution in [0.5, 0.6) is 5.75 Å². The van der Waals surface area contributed by atoms with Crippen LogP contribution in [0.25, 0.3) is 0 Å². The molecule has 1 radical (unpaired) electrons. The molecule has 0 aliphatic carbocycles. The molecule has 2 heteroatoms. The Morgan fingerprint density at radius 3 is 2.19 bits per heavy atom. The highest BCUT2D eigenvalue weighted by atomic mass is 16.5. The minimum Gasteiger partial charge on any atom is -0.482 e. The van der Waals surface area contributed by atoms with Crippen LogP contribution in [0.4, 0.5) is 0 Å². The number of hydrogen-bond acceptors (Lipinski definition) is 2. The van der Waals surface area contributed by atoms with Crippen LogP contribution in [0.2, 0.25) is 0 Å². The summed E-state index contributed by atoms with van der Waals surface area (Å²) in [6, 6.07) is 7.88. The Labute approximate surface area is 97.6 Å². The van der Waals surface area contributed by atoms with Gasteiger partial charge in [0.25, 0.3) is 0 Å². The maximum absolute atomic E-state index is 10.5. The Morgan fingerprint density at radius 1 is 1.25 bits per heavy atom. The minimum absolute atomic E-state index is 0.138. The van der Waals surface area contributed by atoms with Gasteiger partial charge >= 0.3 is 0 Å². The van der Waals surface area contributed by atoms with Crippen molar-refractivity contribution in [2.24, 2.45) is 0 Å². The summed E-state index contributed by atoms with van der Waals surface area (Å²) >= 11 is 0. The van der Waals surface area contributed by atoms with Gasteiger partial charge in [-0.2, -0.15) is 0 Å². The van der Waals surface area contributed by atoms with Crippen LogP contribution in [0.1, 0.15) is 39.7 Å². The molecule has 0 aromatic heterocycles. The summed E-state index contributed by atoms with van der Waals surface area (Å²) in [4.78, 5) is 10.5. The number of hydrogen-bond donors (Lipinski definition) is 0. The smallest absolute Gasteiger partial charge is 0.242 e. The Balaban J connectivity index is 2.75. The molecule has 1 unspecified atom stereocenters. The average molecular weight is 219 g/mol. The van der Waals surface area contributed by atoms with Crippen LogP contribution < -0.4 is 4.74 Å². The van der Waals surface area contributed by atoms with E-state index in [0.717, 1.165) is 5.75 Å². The fraction of sp³-hybridized carbons (Fsp3) is 0.500. The van der Waals surface area contributed by atoms with E-state index in [1.807, 2.05) is 37.5 Å². The van der Waals surface area contributed by atoms with Gasteiger partial charge in [0.05, 0.1) is 0 Å². The van der Waals surface area contributed by atoms with Crippen LogP contribution >= 0.6 is 0 Å². The van der Waals surface area contributed by atoms with Crippen molar-refractivity contribution in [2.45, 2.75) is 45.6 Å². The summed E-state index contributed by atoms with van der Waals surface area (Å²) in [6.07, 6.45) is 2.06. The van der Waals surface area contributed by atoms with Crippen molar-refractivity contribution in [2.75, 3.05) is 0 Å². The van der Waals surface area contributed by atoms with E-state index in [1.165, 1.54) is 5.56 Å². The molecule has 0 saturated heterocycles. The molecule has 0 aliphatic heterocycles. The molecule has 1 aromatic carbocycles. The third-order valence-corrected chi connectivity index (χ3v) is 2.50. The number of benzene rings is 1. The van der Waals surface area contributed by atoms with E-state index >= 15 is 0 Å². The van der Waals surface area contributed by atoms with E-state index in [-0.39, 0.29) is 5.41 Å². The van der Waals surface area contributed by atoms with E-state index in [0.29, 0.717) is 6.42 Å². The summed E-state index contributed by atoms with van der Waals surface area (Å²) < 4.78 is 5.46. The second-order valence-corrected chi connectivity index (χ2v) is 4.91. The molecule has 0 aliphatic rings. The molecule has 87 valence electrons. The fourth-order valence-corrected chi connectivity index (χ4v) is 1.39. The Bertz CT molecular complexity index is 333. The predicted molar refractivity (Wildman–Crippen MR) is 65.5 cm³/mol. The second kappa shape index (κ2) is 5.15. The van der Waals surface area contributed by atoms with Crippen molar-refractivity contribution in [1.29, 1.82) is 0 Å². The summed E-state index contributed by atoms with van der Waals surface area (Å²) in [5.41, 5.74) is 1.39. The first-order chi connectivity index (χ1) is 7.47. The number of carbonyl (C=O) groups excluding carboxylic acids is 1. The minimum atomic E-state index is -0.458. The maximum Gasteiger partial charge on any atom is 0.242 e. The lowest BCUT2D eigenvalue weighted by Crippen LogP contribution is -2.16. The summed E-state index contributed by atoms with van der Waals surface area (Å²) in [5, 5.41) is 0. The van der Waals surface area contributed by atoms with Crippen molar-refractivity contribution in [1.82, 2.24) is 0 Å². The van der Waals surface area contributed by atoms with Gasteiger partial charge in [-0.05, 0) is 29.5 Å². The van der Waals surface area contributed by atoms with Crippen molar-refractivity contribution < 1.29 is 9.53 Å². The zero-order chi connectivity index (χ0) is 12.2. The average Bonchev–Trinajstić information content (AvgIpc) is 2.25. The zero-order valence-electron chi connectivity index (χ0n) is 10.4. The van der Waals surface area contributed by atoms with Crippen molar-refractivity contribution in [3.8, 4) is 5.75 Å². The third kappa shape index (κ3) is 3.37. The van der Waals surface area contributed by atoms with Gasteiger partial charge in [0.1, 0.15) is 5.75 Å². The van der Waals surface area contributed by atoms with Gasteiger partial charge in [0.15, 0.2) is 6.10 Å². The highest BCUT2D eigenvalue weighted by molar-refractivity contribution is 5.57. The third-order valence-electron chi connectivity index (χ3n) is 2.50. The van der Waals surface area contributed by atoms with Crippen LogP contribution in [0.3, 0.4) is 0 Å². The molecule has 0 amide bonds. The topological polar surface area (TPSA) is 26.3 Å². The van der Waals surface area contributed by atoms with E-state index in [9.17, 15) is 4.79 Å². The van der Waals surface area contributed by atoms with Crippen molar-refractivity contribution >= 4 is 6.29 Å². The largest absolute Gasteiger partial charge is 0.482 e. The standard InChI is InChI=1S/C14H19O2/c1-5-12(10-15)16-13-8-6-11(7-9-13)14(2,3)4/h6-9,12H,5H2,1-4H3. The number of rotatable bonds is 4. The lowest BCUT2D eigenvalue weighted by molar-refractivity contribution is 0.255. The molecule has 0 N–H and O–H groups in total. The number of ether oxygens (including phenoxy) is 1. The van der Waals surface area contributed by atoms with Crippen molar-refractivity contribution in [3.05, 3.63) is 29.8 Å². The molecule has 0 heterocycles. The molecule has 0 saturated carbocycles. The predicted octanol–water partition coefficient (Wildman–Crippen LogP) is 3.25. The molecule has 1 aromatic rings. The Morgan fingerprint density at radius 2 is 1.81 bits per heavy atom. The van der Waals surface area contributed by atoms with Crippen LogP contribution in [0.15, 0.2) is 24.3 Å². The first-order valence-electron chi connectivity index (χ1n) is 5.62. The van der Waals surface area contributed by atoms with Crippen LogP contribution in [-0.4, -0.2) is 12.4 Å². The molecule has 0 fully saturated rings. The van der Waals surface area contributed by atoms with Crippen LogP contribution in [0, 0.1) is 0 Å². The molecule has 0 bridgehead atoms. The highest BCUT2D eigenvalue weighted by Crippen LogP contribution is 2.24. The Kier molecular flexibility index (Phi) is 4.11. The molecule has 0 spiro atoms. The van der Waals surface area contributed by atoms with Gasteiger partial charge in [-0.3, -0.25) is 4.79 Å². The molecule has 2 nitrogen and oxygen atoms in total. The molecular formula is C14H19O2. The van der Waals surface area contributed by atoms with Gasteiger partial charge in [0.2, 0.25) is 6.29 Å². The SMILES string of the molecule is CCC([C]=O)Oc1ccc(C(C)(C)C)cc1. The lowest BCUT2D eigenvalue weighted by atomic mass is 9.87. The van der Waals surface area contributed by atoms with E-state index in [4.69, 9.17) is 4.74 Å². The van der Waals surface area contributed by atoms with E-state index in [1.54, 1.807) is 0 Å². The molecule has 1 rings (SSSR count). The quantitative estimate of drug-likeness (QED) is 0.777. The van der Waals surface area contributed by atoms with E-state index in [2.05, 4.69) is 20.8 Å². The molecular weight excluding hydrogens is 200 g/mol. The molecule has 1 atom stereocenters. The first kappa shape index (κ1) is 12.8. The second-order valence-electron chi connectivity index (χ2n) is 4.91. The fourth-order valence-electron chi connectivity index (χ4n) is 1.39. The summed E-state index contributed by atoms with van der Waals surface area (Å²) in [5.74, 6) is 0.725. The van der Waals surface area contributed by atoms with Gasteiger partial charge in [0, 0.05) is 0 Å². The zero-order valence-corrected chi connectivity index (χ0v) is 10.4. The van der Waals surface area contributed by atoms with E-state index < -0.39 is 6.10 Å². The van der Waals surface area contributed by atoms with Gasteiger partial charge in [-0.1, -0.05) is 39.8 Å². The van der Waals surface area contributed by atoms with Gasteiger partial charge in [-0.25, -0.2) is 0 Å².